The van der Waals surface area contributed by atoms with Gasteiger partial charge < -0.3 is 10.1 Å². The van der Waals surface area contributed by atoms with Gasteiger partial charge in [-0.15, -0.1) is 0 Å². The smallest absolute Gasteiger partial charge is 0.326 e. The normalized spacial score (nSPS) is 11.0. The van der Waals surface area contributed by atoms with E-state index in [1.54, 1.807) is 19.1 Å². The van der Waals surface area contributed by atoms with Gasteiger partial charge in [-0.05, 0) is 49.2 Å². The number of hydrogen-bond donors (Lipinski definition) is 1. The van der Waals surface area contributed by atoms with Crippen LogP contribution in [0.4, 0.5) is 11.4 Å². The summed E-state index contributed by atoms with van der Waals surface area (Å²) in [5, 5.41) is 2.59. The number of carbonyl (C=O) groups excluding carboxylic acids is 2. The number of sulfonamides is 1. The van der Waals surface area contributed by atoms with Gasteiger partial charge in [0.05, 0.1) is 17.2 Å². The van der Waals surface area contributed by atoms with E-state index in [4.69, 9.17) is 4.74 Å². The molecule has 0 unspecified atom stereocenters. The first-order valence-corrected chi connectivity index (χ1v) is 10.4. The lowest BCUT2D eigenvalue weighted by Gasteiger charge is -2.25. The Kier molecular flexibility index (Phi) is 7.17. The highest BCUT2D eigenvalue weighted by Crippen LogP contribution is 2.28. The Morgan fingerprint density at radius 3 is 2.25 bits per heavy atom. The van der Waals surface area contributed by atoms with Crippen LogP contribution in [-0.4, -0.2) is 33.4 Å². The molecule has 0 saturated heterocycles. The van der Waals surface area contributed by atoms with E-state index in [2.05, 4.69) is 5.32 Å². The Labute approximate surface area is 165 Å². The molecule has 28 heavy (non-hydrogen) atoms. The minimum atomic E-state index is -4.03. The third-order valence-electron chi connectivity index (χ3n) is 3.98. The molecule has 0 bridgehead atoms. The number of ether oxygens (including phenoxy) is 1. The fourth-order valence-corrected chi connectivity index (χ4v) is 4.16. The zero-order valence-electron chi connectivity index (χ0n) is 16.1. The summed E-state index contributed by atoms with van der Waals surface area (Å²) in [5.41, 5.74) is 1.71. The molecule has 0 aliphatic carbocycles. The Hall–Kier alpha value is -2.87. The number of carbonyl (C=O) groups is 2. The average Bonchev–Trinajstić information content (AvgIpc) is 2.66. The first kappa shape index (κ1) is 21.4. The van der Waals surface area contributed by atoms with Crippen molar-refractivity contribution < 1.29 is 22.7 Å². The standard InChI is InChI=1S/C20H24N2O5S/c1-4-16-8-6-7-9-19(16)22(14-20(24)27-5-2)28(25,26)18-12-10-17(11-13-18)21-15(3)23/h6-13H,4-5,14H2,1-3H3,(H,21,23). The number of hydrogen-bond acceptors (Lipinski definition) is 5. The fraction of sp³-hybridized carbons (Fsp3) is 0.300. The van der Waals surface area contributed by atoms with Gasteiger partial charge in [-0.2, -0.15) is 0 Å². The molecular formula is C20H24N2O5S. The Balaban J connectivity index is 2.48. The van der Waals surface area contributed by atoms with Crippen molar-refractivity contribution in [1.29, 1.82) is 0 Å². The topological polar surface area (TPSA) is 92.8 Å². The number of para-hydroxylation sites is 1. The molecule has 8 heteroatoms. The van der Waals surface area contributed by atoms with E-state index in [0.717, 1.165) is 9.87 Å². The zero-order valence-corrected chi connectivity index (χ0v) is 17.0. The maximum Gasteiger partial charge on any atom is 0.326 e. The maximum absolute atomic E-state index is 13.3. The maximum atomic E-state index is 13.3. The van der Waals surface area contributed by atoms with Gasteiger partial charge in [-0.3, -0.25) is 13.9 Å². The summed E-state index contributed by atoms with van der Waals surface area (Å²) in [5.74, 6) is -0.886. The van der Waals surface area contributed by atoms with Gasteiger partial charge >= 0.3 is 5.97 Å². The molecular weight excluding hydrogens is 380 g/mol. The van der Waals surface area contributed by atoms with Crippen molar-refractivity contribution in [3.8, 4) is 0 Å². The molecule has 0 aliphatic rings. The van der Waals surface area contributed by atoms with Crippen molar-refractivity contribution in [2.45, 2.75) is 32.1 Å². The molecule has 0 saturated carbocycles. The quantitative estimate of drug-likeness (QED) is 0.683. The predicted octanol–water partition coefficient (Wildman–Crippen LogP) is 2.97. The first-order chi connectivity index (χ1) is 13.3. The van der Waals surface area contributed by atoms with Gasteiger partial charge in [-0.25, -0.2) is 8.42 Å². The number of rotatable bonds is 8. The third-order valence-corrected chi connectivity index (χ3v) is 5.76. The molecule has 7 nitrogen and oxygen atoms in total. The highest BCUT2D eigenvalue weighted by molar-refractivity contribution is 7.92. The number of nitrogens with one attached hydrogen (secondary N) is 1. The van der Waals surface area contributed by atoms with E-state index in [0.29, 0.717) is 17.8 Å². The van der Waals surface area contributed by atoms with Gasteiger partial charge in [0.25, 0.3) is 10.0 Å². The summed E-state index contributed by atoms with van der Waals surface area (Å²) in [6, 6.07) is 12.8. The van der Waals surface area contributed by atoms with Crippen molar-refractivity contribution in [2.75, 3.05) is 22.8 Å². The van der Waals surface area contributed by atoms with Gasteiger partial charge in [-0.1, -0.05) is 25.1 Å². The van der Waals surface area contributed by atoms with E-state index in [1.807, 2.05) is 19.1 Å². The molecule has 0 heterocycles. The monoisotopic (exact) mass is 404 g/mol. The molecule has 1 amide bonds. The molecule has 1 N–H and O–H groups in total. The number of amides is 1. The van der Waals surface area contributed by atoms with Crippen molar-refractivity contribution in [3.63, 3.8) is 0 Å². The van der Waals surface area contributed by atoms with Crippen LogP contribution in [0.3, 0.4) is 0 Å². The van der Waals surface area contributed by atoms with Gasteiger partial charge in [0.1, 0.15) is 6.54 Å². The van der Waals surface area contributed by atoms with Crippen molar-refractivity contribution in [2.24, 2.45) is 0 Å². The van der Waals surface area contributed by atoms with Gasteiger partial charge in [0, 0.05) is 12.6 Å². The molecule has 2 aromatic carbocycles. The molecule has 0 aliphatic heterocycles. The Morgan fingerprint density at radius 2 is 1.68 bits per heavy atom. The molecule has 2 rings (SSSR count). The number of aryl methyl sites for hydroxylation is 1. The summed E-state index contributed by atoms with van der Waals surface area (Å²) in [7, 11) is -4.03. The van der Waals surface area contributed by atoms with E-state index >= 15 is 0 Å². The minimum absolute atomic E-state index is 0.0109. The summed E-state index contributed by atoms with van der Waals surface area (Å²) in [6.45, 7) is 4.68. The lowest BCUT2D eigenvalue weighted by Crippen LogP contribution is -2.37. The number of anilines is 2. The first-order valence-electron chi connectivity index (χ1n) is 8.93. The van der Waals surface area contributed by atoms with Crippen molar-refractivity contribution in [3.05, 3.63) is 54.1 Å². The predicted molar refractivity (Wildman–Crippen MR) is 108 cm³/mol. The second-order valence-corrected chi connectivity index (χ2v) is 7.87. The zero-order chi connectivity index (χ0) is 20.7. The second kappa shape index (κ2) is 9.36. The SMILES string of the molecule is CCOC(=O)CN(c1ccccc1CC)S(=O)(=O)c1ccc(NC(C)=O)cc1. The molecule has 0 radical (unpaired) electrons. The van der Waals surface area contributed by atoms with Gasteiger partial charge in [0.2, 0.25) is 5.91 Å². The summed E-state index contributed by atoms with van der Waals surface area (Å²) in [6.07, 6.45) is 0.604. The number of nitrogens with zero attached hydrogens (tertiary/aromatic N) is 1. The molecule has 0 spiro atoms. The van der Waals surface area contributed by atoms with Crippen LogP contribution >= 0.6 is 0 Å². The van der Waals surface area contributed by atoms with Gasteiger partial charge in [0.15, 0.2) is 0 Å². The van der Waals surface area contributed by atoms with Crippen LogP contribution in [0.2, 0.25) is 0 Å². The number of benzene rings is 2. The van der Waals surface area contributed by atoms with Crippen LogP contribution < -0.4 is 9.62 Å². The lowest BCUT2D eigenvalue weighted by molar-refractivity contribution is -0.141. The molecule has 2 aromatic rings. The van der Waals surface area contributed by atoms with Crippen LogP contribution in [0, 0.1) is 0 Å². The fourth-order valence-electron chi connectivity index (χ4n) is 2.72. The summed E-state index contributed by atoms with van der Waals surface area (Å²) < 4.78 is 32.6. The molecule has 150 valence electrons. The van der Waals surface area contributed by atoms with E-state index < -0.39 is 22.5 Å². The van der Waals surface area contributed by atoms with Crippen molar-refractivity contribution in [1.82, 2.24) is 0 Å². The van der Waals surface area contributed by atoms with Crippen LogP contribution in [0.25, 0.3) is 0 Å². The van der Waals surface area contributed by atoms with Crippen molar-refractivity contribution >= 4 is 33.3 Å². The average molecular weight is 404 g/mol. The van der Waals surface area contributed by atoms with Crippen LogP contribution in [0.15, 0.2) is 53.4 Å². The Morgan fingerprint density at radius 1 is 1.04 bits per heavy atom. The largest absolute Gasteiger partial charge is 0.465 e. The Bertz CT molecular complexity index is 939. The minimum Gasteiger partial charge on any atom is -0.465 e. The summed E-state index contributed by atoms with van der Waals surface area (Å²) in [4.78, 5) is 23.3. The van der Waals surface area contributed by atoms with Crippen LogP contribution in [0.1, 0.15) is 26.3 Å². The van der Waals surface area contributed by atoms with E-state index in [9.17, 15) is 18.0 Å². The van der Waals surface area contributed by atoms with Crippen LogP contribution in [-0.2, 0) is 30.8 Å². The third kappa shape index (κ3) is 5.10. The van der Waals surface area contributed by atoms with E-state index in [1.165, 1.54) is 31.2 Å². The lowest BCUT2D eigenvalue weighted by atomic mass is 10.1. The molecule has 0 fully saturated rings. The summed E-state index contributed by atoms with van der Waals surface area (Å²) >= 11 is 0. The second-order valence-electron chi connectivity index (χ2n) is 6.00. The van der Waals surface area contributed by atoms with E-state index in [-0.39, 0.29) is 17.4 Å². The highest BCUT2D eigenvalue weighted by Gasteiger charge is 2.29. The molecule has 0 aromatic heterocycles. The highest BCUT2D eigenvalue weighted by atomic mass is 32.2. The number of esters is 1. The molecule has 0 atom stereocenters. The van der Waals surface area contributed by atoms with Crippen LogP contribution in [0.5, 0.6) is 0 Å².